The van der Waals surface area contributed by atoms with Crippen LogP contribution in [-0.2, 0) is 4.79 Å². The van der Waals surface area contributed by atoms with Crippen LogP contribution in [0.1, 0.15) is 23.2 Å². The van der Waals surface area contributed by atoms with E-state index in [4.69, 9.17) is 4.74 Å². The summed E-state index contributed by atoms with van der Waals surface area (Å²) in [7, 11) is 3.57. The Kier molecular flexibility index (Phi) is 6.08. The second-order valence-electron chi connectivity index (χ2n) is 6.83. The first-order valence-electron chi connectivity index (χ1n) is 9.10. The molecular formula is C21H25N3O3. The maximum absolute atomic E-state index is 12.5. The van der Waals surface area contributed by atoms with Crippen molar-refractivity contribution >= 4 is 23.2 Å². The van der Waals surface area contributed by atoms with E-state index in [1.54, 1.807) is 36.4 Å². The van der Waals surface area contributed by atoms with Gasteiger partial charge in [-0.15, -0.1) is 0 Å². The Hall–Kier alpha value is -2.86. The number of nitrogens with zero attached hydrogens (tertiary/aromatic N) is 1. The van der Waals surface area contributed by atoms with Crippen LogP contribution in [-0.4, -0.2) is 44.0 Å². The number of rotatable bonds is 5. The number of piperidine rings is 1. The molecule has 1 aliphatic rings. The first kappa shape index (κ1) is 18.9. The number of hydrogen-bond acceptors (Lipinski definition) is 4. The number of anilines is 2. The summed E-state index contributed by atoms with van der Waals surface area (Å²) in [4.78, 5) is 27.2. The van der Waals surface area contributed by atoms with Crippen LogP contribution in [0, 0.1) is 5.92 Å². The normalized spacial score (nSPS) is 17.2. The van der Waals surface area contributed by atoms with Crippen LogP contribution in [0.15, 0.2) is 48.5 Å². The van der Waals surface area contributed by atoms with Gasteiger partial charge in [-0.25, -0.2) is 0 Å². The average Bonchev–Trinajstić information content (AvgIpc) is 2.68. The number of hydrogen-bond donors (Lipinski definition) is 2. The Morgan fingerprint density at radius 2 is 1.81 bits per heavy atom. The fraction of sp³-hybridized carbons (Fsp3) is 0.333. The monoisotopic (exact) mass is 367 g/mol. The lowest BCUT2D eigenvalue weighted by molar-refractivity contribution is -0.121. The lowest BCUT2D eigenvalue weighted by Gasteiger charge is -2.28. The van der Waals surface area contributed by atoms with Crippen molar-refractivity contribution in [1.82, 2.24) is 4.90 Å². The molecule has 2 N–H and O–H groups in total. The molecule has 1 atom stereocenters. The third-order valence-electron chi connectivity index (χ3n) is 4.73. The third kappa shape index (κ3) is 4.86. The molecule has 6 nitrogen and oxygen atoms in total. The molecule has 0 spiro atoms. The predicted molar refractivity (Wildman–Crippen MR) is 106 cm³/mol. The molecule has 3 rings (SSSR count). The molecule has 0 saturated carbocycles. The van der Waals surface area contributed by atoms with E-state index in [-0.39, 0.29) is 17.7 Å². The Labute approximate surface area is 159 Å². The van der Waals surface area contributed by atoms with Gasteiger partial charge in [-0.05, 0) is 56.8 Å². The number of methoxy groups -OCH3 is 1. The molecule has 2 amide bonds. The van der Waals surface area contributed by atoms with Gasteiger partial charge >= 0.3 is 0 Å². The summed E-state index contributed by atoms with van der Waals surface area (Å²) < 4.78 is 5.23. The number of carbonyl (C=O) groups excluding carboxylic acids is 2. The van der Waals surface area contributed by atoms with Crippen molar-refractivity contribution in [3.63, 3.8) is 0 Å². The molecule has 0 radical (unpaired) electrons. The zero-order valence-corrected chi connectivity index (χ0v) is 15.7. The highest BCUT2D eigenvalue weighted by molar-refractivity contribution is 6.06. The lowest BCUT2D eigenvalue weighted by atomic mass is 9.97. The molecule has 0 bridgehead atoms. The van der Waals surface area contributed by atoms with E-state index in [1.807, 2.05) is 19.2 Å². The first-order valence-corrected chi connectivity index (χ1v) is 9.10. The van der Waals surface area contributed by atoms with Crippen molar-refractivity contribution in [1.29, 1.82) is 0 Å². The topological polar surface area (TPSA) is 70.7 Å². The zero-order chi connectivity index (χ0) is 19.2. The molecule has 142 valence electrons. The van der Waals surface area contributed by atoms with E-state index in [9.17, 15) is 9.59 Å². The molecule has 0 aliphatic carbocycles. The van der Waals surface area contributed by atoms with Gasteiger partial charge in [-0.2, -0.15) is 0 Å². The Bertz CT molecular complexity index is 822. The van der Waals surface area contributed by atoms with Gasteiger partial charge in [-0.3, -0.25) is 9.59 Å². The van der Waals surface area contributed by atoms with Crippen LogP contribution in [0.2, 0.25) is 0 Å². The molecular weight excluding hydrogens is 342 g/mol. The van der Waals surface area contributed by atoms with Crippen LogP contribution in [0.4, 0.5) is 11.4 Å². The Morgan fingerprint density at radius 3 is 2.56 bits per heavy atom. The van der Waals surface area contributed by atoms with Gasteiger partial charge in [0.2, 0.25) is 5.91 Å². The zero-order valence-electron chi connectivity index (χ0n) is 15.7. The number of likely N-dealkylation sites (tertiary alicyclic amines) is 1. The number of ether oxygens (including phenoxy) is 1. The van der Waals surface area contributed by atoms with Gasteiger partial charge in [0.25, 0.3) is 5.91 Å². The summed E-state index contributed by atoms with van der Waals surface area (Å²) in [5, 5.41) is 5.82. The summed E-state index contributed by atoms with van der Waals surface area (Å²) >= 11 is 0. The molecule has 27 heavy (non-hydrogen) atoms. The van der Waals surface area contributed by atoms with Crippen molar-refractivity contribution < 1.29 is 14.3 Å². The lowest BCUT2D eigenvalue weighted by Crippen LogP contribution is -2.38. The standard InChI is InChI=1S/C21H25N3O3/c1-24-12-6-7-15(14-24)20(25)22-16-8-5-9-17(13-16)23-21(26)18-10-3-4-11-19(18)27-2/h3-5,8-11,13,15H,6-7,12,14H2,1-2H3,(H,22,25)(H,23,26)/t15-/m1/s1. The van der Waals surface area contributed by atoms with E-state index >= 15 is 0 Å². The molecule has 1 saturated heterocycles. The summed E-state index contributed by atoms with van der Waals surface area (Å²) in [6.45, 7) is 1.81. The molecule has 0 unspecified atom stereocenters. The molecule has 6 heteroatoms. The van der Waals surface area contributed by atoms with Gasteiger partial charge in [0.15, 0.2) is 0 Å². The number of nitrogens with one attached hydrogen (secondary N) is 2. The average molecular weight is 367 g/mol. The minimum atomic E-state index is -0.259. The molecule has 1 aliphatic heterocycles. The minimum absolute atomic E-state index is 0.00410. The Morgan fingerprint density at radius 1 is 1.07 bits per heavy atom. The molecule has 1 fully saturated rings. The van der Waals surface area contributed by atoms with E-state index in [0.29, 0.717) is 22.7 Å². The second-order valence-corrected chi connectivity index (χ2v) is 6.83. The fourth-order valence-corrected chi connectivity index (χ4v) is 3.33. The van der Waals surface area contributed by atoms with Crippen molar-refractivity contribution in [3.05, 3.63) is 54.1 Å². The smallest absolute Gasteiger partial charge is 0.259 e. The van der Waals surface area contributed by atoms with E-state index in [0.717, 1.165) is 25.9 Å². The molecule has 2 aromatic carbocycles. The number of amides is 2. The summed E-state index contributed by atoms with van der Waals surface area (Å²) in [5.41, 5.74) is 1.75. The van der Waals surface area contributed by atoms with E-state index < -0.39 is 0 Å². The van der Waals surface area contributed by atoms with Gasteiger partial charge < -0.3 is 20.3 Å². The van der Waals surface area contributed by atoms with Crippen molar-refractivity contribution in [2.45, 2.75) is 12.8 Å². The molecule has 0 aromatic heterocycles. The summed E-state index contributed by atoms with van der Waals surface area (Å²) in [6.07, 6.45) is 1.93. The fourth-order valence-electron chi connectivity index (χ4n) is 3.33. The van der Waals surface area contributed by atoms with Crippen LogP contribution >= 0.6 is 0 Å². The third-order valence-corrected chi connectivity index (χ3v) is 4.73. The van der Waals surface area contributed by atoms with Crippen molar-refractivity contribution in [2.75, 3.05) is 37.9 Å². The SMILES string of the molecule is COc1ccccc1C(=O)Nc1cccc(NC(=O)[C@@H]2CCCN(C)C2)c1. The maximum atomic E-state index is 12.5. The highest BCUT2D eigenvalue weighted by atomic mass is 16.5. The van der Waals surface area contributed by atoms with Crippen LogP contribution in [0.25, 0.3) is 0 Å². The van der Waals surface area contributed by atoms with Gasteiger partial charge in [-0.1, -0.05) is 18.2 Å². The van der Waals surface area contributed by atoms with E-state index in [1.165, 1.54) is 7.11 Å². The summed E-state index contributed by atoms with van der Waals surface area (Å²) in [5.74, 6) is 0.274. The number of carbonyl (C=O) groups is 2. The van der Waals surface area contributed by atoms with Crippen molar-refractivity contribution in [3.8, 4) is 5.75 Å². The summed E-state index contributed by atoms with van der Waals surface area (Å²) in [6, 6.07) is 14.2. The highest BCUT2D eigenvalue weighted by Gasteiger charge is 2.24. The van der Waals surface area contributed by atoms with Gasteiger partial charge in [0.1, 0.15) is 5.75 Å². The largest absolute Gasteiger partial charge is 0.496 e. The van der Waals surface area contributed by atoms with Crippen LogP contribution in [0.5, 0.6) is 5.75 Å². The van der Waals surface area contributed by atoms with Crippen LogP contribution < -0.4 is 15.4 Å². The number of para-hydroxylation sites is 1. The minimum Gasteiger partial charge on any atom is -0.496 e. The Balaban J connectivity index is 1.66. The molecule has 1 heterocycles. The van der Waals surface area contributed by atoms with Crippen LogP contribution in [0.3, 0.4) is 0 Å². The quantitative estimate of drug-likeness (QED) is 0.851. The van der Waals surface area contributed by atoms with Gasteiger partial charge in [0, 0.05) is 17.9 Å². The molecule has 2 aromatic rings. The van der Waals surface area contributed by atoms with E-state index in [2.05, 4.69) is 15.5 Å². The predicted octanol–water partition coefficient (Wildman–Crippen LogP) is 3.23. The number of benzene rings is 2. The maximum Gasteiger partial charge on any atom is 0.259 e. The first-order chi connectivity index (χ1) is 13.1. The van der Waals surface area contributed by atoms with Gasteiger partial charge in [0.05, 0.1) is 18.6 Å². The van der Waals surface area contributed by atoms with Crippen molar-refractivity contribution in [2.24, 2.45) is 5.92 Å². The highest BCUT2D eigenvalue weighted by Crippen LogP contribution is 2.22. The second kappa shape index (κ2) is 8.68.